The fourth-order valence-electron chi connectivity index (χ4n) is 2.11. The van der Waals surface area contributed by atoms with Crippen LogP contribution in [0.4, 0.5) is 0 Å². The summed E-state index contributed by atoms with van der Waals surface area (Å²) in [6.45, 7) is 0.518. The largest absolute Gasteiger partial charge is 0.243 e. The molecule has 0 radical (unpaired) electrons. The van der Waals surface area contributed by atoms with E-state index in [1.54, 1.807) is 25.2 Å². The Hall–Kier alpha value is 0.380. The Balaban J connectivity index is 2.19. The lowest BCUT2D eigenvalue weighted by molar-refractivity contribution is 0.268. The highest BCUT2D eigenvalue weighted by Crippen LogP contribution is 2.34. The second-order valence-corrected chi connectivity index (χ2v) is 9.20. The van der Waals surface area contributed by atoms with Crippen molar-refractivity contribution in [3.8, 4) is 0 Å². The SMILES string of the molecule is CN(CC1CC(Cl)C1)S(=O)(=O)c1cc(Br)ccc1Br. The predicted octanol–water partition coefficient (Wildman–Crippen LogP) is 3.85. The summed E-state index contributed by atoms with van der Waals surface area (Å²) in [4.78, 5) is 0.283. The van der Waals surface area contributed by atoms with Gasteiger partial charge in [-0.15, -0.1) is 11.6 Å². The van der Waals surface area contributed by atoms with Gasteiger partial charge in [-0.05, 0) is 52.9 Å². The van der Waals surface area contributed by atoms with Crippen molar-refractivity contribution in [1.29, 1.82) is 0 Å². The molecule has 19 heavy (non-hydrogen) atoms. The monoisotopic (exact) mass is 429 g/mol. The van der Waals surface area contributed by atoms with E-state index in [1.165, 1.54) is 4.31 Å². The van der Waals surface area contributed by atoms with Crippen LogP contribution >= 0.6 is 43.5 Å². The first-order chi connectivity index (χ1) is 8.80. The normalized spacial score (nSPS) is 23.4. The van der Waals surface area contributed by atoms with Gasteiger partial charge in [0.15, 0.2) is 0 Å². The Bertz CT molecular complexity index is 573. The highest BCUT2D eigenvalue weighted by molar-refractivity contribution is 9.11. The Morgan fingerprint density at radius 3 is 2.58 bits per heavy atom. The van der Waals surface area contributed by atoms with E-state index in [9.17, 15) is 8.42 Å². The summed E-state index contributed by atoms with van der Waals surface area (Å²) < 4.78 is 27.7. The topological polar surface area (TPSA) is 37.4 Å². The number of halogens is 3. The first-order valence-electron chi connectivity index (χ1n) is 5.86. The molecule has 0 N–H and O–H groups in total. The van der Waals surface area contributed by atoms with Crippen LogP contribution in [0.25, 0.3) is 0 Å². The molecule has 3 nitrogen and oxygen atoms in total. The maximum absolute atomic E-state index is 12.5. The van der Waals surface area contributed by atoms with Crippen LogP contribution < -0.4 is 0 Å². The van der Waals surface area contributed by atoms with Crippen molar-refractivity contribution < 1.29 is 8.42 Å². The van der Waals surface area contributed by atoms with Gasteiger partial charge in [-0.25, -0.2) is 12.7 Å². The van der Waals surface area contributed by atoms with Crippen molar-refractivity contribution in [2.24, 2.45) is 5.92 Å². The van der Waals surface area contributed by atoms with Crippen molar-refractivity contribution in [3.05, 3.63) is 27.1 Å². The lowest BCUT2D eigenvalue weighted by Gasteiger charge is -2.33. The molecule has 0 spiro atoms. The highest BCUT2D eigenvalue weighted by atomic mass is 79.9. The van der Waals surface area contributed by atoms with E-state index < -0.39 is 10.0 Å². The molecular formula is C12H14Br2ClNO2S. The number of sulfonamides is 1. The minimum Gasteiger partial charge on any atom is -0.207 e. The molecule has 1 fully saturated rings. The maximum Gasteiger partial charge on any atom is 0.243 e. The molecule has 0 atom stereocenters. The molecule has 106 valence electrons. The Morgan fingerprint density at radius 2 is 2.00 bits per heavy atom. The van der Waals surface area contributed by atoms with E-state index in [2.05, 4.69) is 31.9 Å². The number of rotatable bonds is 4. The molecule has 0 heterocycles. The molecule has 0 aromatic heterocycles. The molecule has 2 rings (SSSR count). The maximum atomic E-state index is 12.5. The van der Waals surface area contributed by atoms with Gasteiger partial charge < -0.3 is 0 Å². The fraction of sp³-hybridized carbons (Fsp3) is 0.500. The van der Waals surface area contributed by atoms with Gasteiger partial charge in [0.25, 0.3) is 0 Å². The Kier molecular flexibility index (Phi) is 4.99. The number of hydrogen-bond donors (Lipinski definition) is 0. The van der Waals surface area contributed by atoms with Crippen molar-refractivity contribution in [1.82, 2.24) is 4.31 Å². The third-order valence-electron chi connectivity index (χ3n) is 3.27. The van der Waals surface area contributed by atoms with Crippen LogP contribution in [0.1, 0.15) is 12.8 Å². The molecule has 7 heteroatoms. The summed E-state index contributed by atoms with van der Waals surface area (Å²) in [5.74, 6) is 0.369. The van der Waals surface area contributed by atoms with E-state index in [0.717, 1.165) is 17.3 Å². The molecule has 0 unspecified atom stereocenters. The first-order valence-corrected chi connectivity index (χ1v) is 9.32. The van der Waals surface area contributed by atoms with E-state index in [0.29, 0.717) is 16.9 Å². The number of alkyl halides is 1. The van der Waals surface area contributed by atoms with Crippen LogP contribution in [0.15, 0.2) is 32.0 Å². The van der Waals surface area contributed by atoms with Crippen LogP contribution in [-0.2, 0) is 10.0 Å². The fourth-order valence-corrected chi connectivity index (χ4v) is 5.32. The third kappa shape index (κ3) is 3.53. The van der Waals surface area contributed by atoms with Crippen LogP contribution in [0.5, 0.6) is 0 Å². The van der Waals surface area contributed by atoms with Gasteiger partial charge in [-0.3, -0.25) is 0 Å². The van der Waals surface area contributed by atoms with Crippen molar-refractivity contribution in [2.45, 2.75) is 23.1 Å². The summed E-state index contributed by atoms with van der Waals surface area (Å²) >= 11 is 12.5. The highest BCUT2D eigenvalue weighted by Gasteiger charge is 2.32. The zero-order valence-corrected chi connectivity index (χ0v) is 15.1. The average molecular weight is 432 g/mol. The standard InChI is InChI=1S/C12H14Br2ClNO2S/c1-16(7-8-4-10(15)5-8)19(17,18)12-6-9(13)2-3-11(12)14/h2-3,6,8,10H,4-5,7H2,1H3. The van der Waals surface area contributed by atoms with Gasteiger partial charge in [-0.1, -0.05) is 15.9 Å². The minimum absolute atomic E-state index is 0.207. The summed E-state index contributed by atoms with van der Waals surface area (Å²) in [6.07, 6.45) is 1.78. The molecule has 0 amide bonds. The van der Waals surface area contributed by atoms with Gasteiger partial charge in [0.1, 0.15) is 0 Å². The summed E-state index contributed by atoms with van der Waals surface area (Å²) in [5, 5.41) is 0.207. The number of hydrogen-bond acceptors (Lipinski definition) is 2. The zero-order valence-electron chi connectivity index (χ0n) is 10.3. The molecule has 1 aromatic rings. The number of benzene rings is 1. The summed E-state index contributed by atoms with van der Waals surface area (Å²) in [6, 6.07) is 5.14. The zero-order chi connectivity index (χ0) is 14.2. The minimum atomic E-state index is -3.47. The molecule has 0 saturated heterocycles. The van der Waals surface area contributed by atoms with E-state index in [1.807, 2.05) is 0 Å². The molecule has 0 bridgehead atoms. The van der Waals surface area contributed by atoms with Gasteiger partial charge >= 0.3 is 0 Å². The smallest absolute Gasteiger partial charge is 0.207 e. The molecular weight excluding hydrogens is 417 g/mol. The van der Waals surface area contributed by atoms with Crippen LogP contribution in [0.3, 0.4) is 0 Å². The van der Waals surface area contributed by atoms with E-state index >= 15 is 0 Å². The second-order valence-electron chi connectivity index (χ2n) is 4.79. The van der Waals surface area contributed by atoms with Gasteiger partial charge in [0.05, 0.1) is 4.90 Å². The molecule has 1 aliphatic rings. The van der Waals surface area contributed by atoms with Gasteiger partial charge in [0.2, 0.25) is 10.0 Å². The van der Waals surface area contributed by atoms with Crippen molar-refractivity contribution in [2.75, 3.05) is 13.6 Å². The van der Waals surface area contributed by atoms with Gasteiger partial charge in [0, 0.05) is 27.9 Å². The van der Waals surface area contributed by atoms with E-state index in [-0.39, 0.29) is 10.3 Å². The third-order valence-corrected chi connectivity index (χ3v) is 6.94. The lowest BCUT2D eigenvalue weighted by Crippen LogP contribution is -2.38. The Labute approximate surface area is 135 Å². The van der Waals surface area contributed by atoms with Crippen molar-refractivity contribution in [3.63, 3.8) is 0 Å². The second kappa shape index (κ2) is 6.02. The van der Waals surface area contributed by atoms with Gasteiger partial charge in [-0.2, -0.15) is 0 Å². The van der Waals surface area contributed by atoms with Crippen LogP contribution in [0, 0.1) is 5.92 Å². The number of nitrogens with zero attached hydrogens (tertiary/aromatic N) is 1. The molecule has 1 aliphatic carbocycles. The molecule has 1 saturated carbocycles. The average Bonchev–Trinajstić information content (AvgIpc) is 2.30. The predicted molar refractivity (Wildman–Crippen MR) is 84.0 cm³/mol. The Morgan fingerprint density at radius 1 is 1.37 bits per heavy atom. The van der Waals surface area contributed by atoms with Crippen LogP contribution in [0.2, 0.25) is 0 Å². The van der Waals surface area contributed by atoms with E-state index in [4.69, 9.17) is 11.6 Å². The molecule has 1 aromatic carbocycles. The first kappa shape index (κ1) is 15.8. The lowest BCUT2D eigenvalue weighted by atomic mass is 9.85. The van der Waals surface area contributed by atoms with Crippen LogP contribution in [-0.4, -0.2) is 31.7 Å². The molecule has 0 aliphatic heterocycles. The quantitative estimate of drug-likeness (QED) is 0.679. The van der Waals surface area contributed by atoms with Crippen molar-refractivity contribution >= 4 is 53.5 Å². The summed E-state index contributed by atoms with van der Waals surface area (Å²) in [7, 11) is -1.85. The summed E-state index contributed by atoms with van der Waals surface area (Å²) in [5.41, 5.74) is 0.